The van der Waals surface area contributed by atoms with Crippen LogP contribution in [0.25, 0.3) is 0 Å². The van der Waals surface area contributed by atoms with Gasteiger partial charge in [-0.15, -0.1) is 0 Å². The van der Waals surface area contributed by atoms with Gasteiger partial charge in [-0.1, -0.05) is 0 Å². The Bertz CT molecular complexity index is 330. The first-order valence-corrected chi connectivity index (χ1v) is 4.68. The molecule has 0 aliphatic rings. The number of rotatable bonds is 3. The highest BCUT2D eigenvalue weighted by molar-refractivity contribution is 5.96. The lowest BCUT2D eigenvalue weighted by atomic mass is 10.3. The molecule has 0 saturated heterocycles. The summed E-state index contributed by atoms with van der Waals surface area (Å²) in [6.45, 7) is 6.40. The molecule has 0 atom stereocenters. The van der Waals surface area contributed by atoms with Crippen LogP contribution in [-0.2, 0) is 0 Å². The quantitative estimate of drug-likeness (QED) is 0.750. The third-order valence-corrected chi connectivity index (χ3v) is 1.94. The summed E-state index contributed by atoms with van der Waals surface area (Å²) >= 11 is 0. The second kappa shape index (κ2) is 4.13. The molecule has 1 aromatic heterocycles. The Hall–Kier alpha value is -1.52. The SMILES string of the molecule is CCNC(=O)c1ncn(C(C)C)c1N. The van der Waals surface area contributed by atoms with Crippen molar-refractivity contribution in [1.29, 1.82) is 0 Å². The minimum atomic E-state index is -0.218. The number of hydrogen-bond acceptors (Lipinski definition) is 3. The zero-order chi connectivity index (χ0) is 10.7. The molecule has 0 bridgehead atoms. The molecule has 1 aromatic rings. The van der Waals surface area contributed by atoms with Crippen molar-refractivity contribution in [2.24, 2.45) is 0 Å². The molecule has 3 N–H and O–H groups in total. The van der Waals surface area contributed by atoms with Crippen LogP contribution in [0, 0.1) is 0 Å². The molecule has 0 spiro atoms. The summed E-state index contributed by atoms with van der Waals surface area (Å²) in [5, 5.41) is 2.66. The average Bonchev–Trinajstić information content (AvgIpc) is 2.47. The fourth-order valence-electron chi connectivity index (χ4n) is 1.20. The molecule has 5 nitrogen and oxygen atoms in total. The van der Waals surface area contributed by atoms with Crippen LogP contribution in [0.2, 0.25) is 0 Å². The van der Waals surface area contributed by atoms with Crippen LogP contribution in [0.15, 0.2) is 6.33 Å². The lowest BCUT2D eigenvalue weighted by Crippen LogP contribution is -2.24. The van der Waals surface area contributed by atoms with Gasteiger partial charge in [0.25, 0.3) is 5.91 Å². The van der Waals surface area contributed by atoms with E-state index in [1.54, 1.807) is 10.9 Å². The number of hydrogen-bond donors (Lipinski definition) is 2. The molecule has 0 aliphatic heterocycles. The standard InChI is InChI=1S/C9H16N4O/c1-4-11-9(14)7-8(10)13(5-12-7)6(2)3/h5-6H,4,10H2,1-3H3,(H,11,14). The summed E-state index contributed by atoms with van der Waals surface area (Å²) in [5.74, 6) is 0.204. The fourth-order valence-corrected chi connectivity index (χ4v) is 1.20. The highest BCUT2D eigenvalue weighted by atomic mass is 16.1. The molecular weight excluding hydrogens is 180 g/mol. The second-order valence-electron chi connectivity index (χ2n) is 3.34. The largest absolute Gasteiger partial charge is 0.383 e. The van der Waals surface area contributed by atoms with Gasteiger partial charge in [-0.3, -0.25) is 4.79 Å². The molecule has 0 saturated carbocycles. The zero-order valence-corrected chi connectivity index (χ0v) is 8.74. The molecular formula is C9H16N4O. The zero-order valence-electron chi connectivity index (χ0n) is 8.74. The van der Waals surface area contributed by atoms with Crippen molar-refractivity contribution in [2.75, 3.05) is 12.3 Å². The maximum atomic E-state index is 11.4. The van der Waals surface area contributed by atoms with Gasteiger partial charge in [0, 0.05) is 12.6 Å². The van der Waals surface area contributed by atoms with Gasteiger partial charge < -0.3 is 15.6 Å². The van der Waals surface area contributed by atoms with Crippen LogP contribution < -0.4 is 11.1 Å². The number of nitrogens with zero attached hydrogens (tertiary/aromatic N) is 2. The van der Waals surface area contributed by atoms with E-state index in [9.17, 15) is 4.79 Å². The van der Waals surface area contributed by atoms with E-state index < -0.39 is 0 Å². The first-order valence-electron chi connectivity index (χ1n) is 4.68. The van der Waals surface area contributed by atoms with Crippen molar-refractivity contribution in [3.05, 3.63) is 12.0 Å². The van der Waals surface area contributed by atoms with Crippen LogP contribution in [0.4, 0.5) is 5.82 Å². The van der Waals surface area contributed by atoms with E-state index in [2.05, 4.69) is 10.3 Å². The van der Waals surface area contributed by atoms with Gasteiger partial charge >= 0.3 is 0 Å². The number of carbonyl (C=O) groups is 1. The van der Waals surface area contributed by atoms with Gasteiger partial charge in [0.2, 0.25) is 0 Å². The minimum absolute atomic E-state index is 0.214. The molecule has 5 heteroatoms. The summed E-state index contributed by atoms with van der Waals surface area (Å²) in [6, 6.07) is 0.214. The van der Waals surface area contributed by atoms with E-state index in [-0.39, 0.29) is 11.9 Å². The minimum Gasteiger partial charge on any atom is -0.383 e. The normalized spacial score (nSPS) is 10.6. The molecule has 78 valence electrons. The van der Waals surface area contributed by atoms with Gasteiger partial charge in [0.1, 0.15) is 5.82 Å². The molecule has 1 amide bonds. The lowest BCUT2D eigenvalue weighted by Gasteiger charge is -2.08. The number of carbonyl (C=O) groups excluding carboxylic acids is 1. The number of imidazole rings is 1. The van der Waals surface area contributed by atoms with Gasteiger partial charge in [-0.25, -0.2) is 4.98 Å². The first kappa shape index (κ1) is 10.6. The molecule has 14 heavy (non-hydrogen) atoms. The third kappa shape index (κ3) is 1.86. The number of nitrogens with one attached hydrogen (secondary N) is 1. The van der Waals surface area contributed by atoms with Crippen molar-refractivity contribution in [2.45, 2.75) is 26.8 Å². The predicted molar refractivity (Wildman–Crippen MR) is 55.0 cm³/mol. The van der Waals surface area contributed by atoms with Crippen molar-refractivity contribution < 1.29 is 4.79 Å². The summed E-state index contributed by atoms with van der Waals surface area (Å²) in [6.07, 6.45) is 1.59. The number of nitrogen functional groups attached to an aromatic ring is 1. The van der Waals surface area contributed by atoms with Crippen LogP contribution in [0.1, 0.15) is 37.3 Å². The first-order chi connectivity index (χ1) is 6.57. The van der Waals surface area contributed by atoms with Crippen molar-refractivity contribution in [1.82, 2.24) is 14.9 Å². The van der Waals surface area contributed by atoms with Crippen LogP contribution in [0.5, 0.6) is 0 Å². The van der Waals surface area contributed by atoms with E-state index >= 15 is 0 Å². The maximum absolute atomic E-state index is 11.4. The maximum Gasteiger partial charge on any atom is 0.273 e. The van der Waals surface area contributed by atoms with Gasteiger partial charge in [-0.2, -0.15) is 0 Å². The third-order valence-electron chi connectivity index (χ3n) is 1.94. The van der Waals surface area contributed by atoms with Crippen molar-refractivity contribution in [3.63, 3.8) is 0 Å². The van der Waals surface area contributed by atoms with Crippen LogP contribution in [-0.4, -0.2) is 22.0 Å². The highest BCUT2D eigenvalue weighted by Gasteiger charge is 2.15. The molecule has 0 aliphatic carbocycles. The molecule has 0 aromatic carbocycles. The highest BCUT2D eigenvalue weighted by Crippen LogP contribution is 2.15. The van der Waals surface area contributed by atoms with E-state index in [0.717, 1.165) is 0 Å². The molecule has 1 rings (SSSR count). The van der Waals surface area contributed by atoms with Crippen LogP contribution >= 0.6 is 0 Å². The smallest absolute Gasteiger partial charge is 0.273 e. The molecule has 1 heterocycles. The molecule has 0 fully saturated rings. The Morgan fingerprint density at radius 3 is 2.79 bits per heavy atom. The molecule has 0 unspecified atom stereocenters. The average molecular weight is 196 g/mol. The van der Waals surface area contributed by atoms with E-state index in [1.165, 1.54) is 0 Å². The van der Waals surface area contributed by atoms with E-state index in [1.807, 2.05) is 20.8 Å². The number of amides is 1. The molecule has 0 radical (unpaired) electrons. The van der Waals surface area contributed by atoms with Crippen molar-refractivity contribution in [3.8, 4) is 0 Å². The van der Waals surface area contributed by atoms with E-state index in [0.29, 0.717) is 18.1 Å². The number of nitrogens with two attached hydrogens (primary N) is 1. The Labute approximate surface area is 83.3 Å². The van der Waals surface area contributed by atoms with Crippen molar-refractivity contribution >= 4 is 11.7 Å². The Kier molecular flexibility index (Phi) is 3.11. The number of anilines is 1. The fraction of sp³-hybridized carbons (Fsp3) is 0.556. The second-order valence-corrected chi connectivity index (χ2v) is 3.34. The Balaban J connectivity index is 2.95. The summed E-state index contributed by atoms with van der Waals surface area (Å²) in [4.78, 5) is 15.4. The van der Waals surface area contributed by atoms with Gasteiger partial charge in [-0.05, 0) is 20.8 Å². The predicted octanol–water partition coefficient (Wildman–Crippen LogP) is 0.796. The van der Waals surface area contributed by atoms with Gasteiger partial charge in [0.15, 0.2) is 5.69 Å². The number of aromatic nitrogens is 2. The van der Waals surface area contributed by atoms with Gasteiger partial charge in [0.05, 0.1) is 6.33 Å². The van der Waals surface area contributed by atoms with E-state index in [4.69, 9.17) is 5.73 Å². The van der Waals surface area contributed by atoms with Crippen LogP contribution in [0.3, 0.4) is 0 Å². The topological polar surface area (TPSA) is 72.9 Å². The summed E-state index contributed by atoms with van der Waals surface area (Å²) in [7, 11) is 0. The lowest BCUT2D eigenvalue weighted by molar-refractivity contribution is 0.0952. The summed E-state index contributed by atoms with van der Waals surface area (Å²) in [5.41, 5.74) is 6.08. The monoisotopic (exact) mass is 196 g/mol. The Morgan fingerprint density at radius 1 is 1.71 bits per heavy atom. The summed E-state index contributed by atoms with van der Waals surface area (Å²) < 4.78 is 1.77. The Morgan fingerprint density at radius 2 is 2.36 bits per heavy atom.